The third kappa shape index (κ3) is 8.75. The molecule has 1 aliphatic rings. The molecule has 0 heterocycles. The first-order valence-corrected chi connectivity index (χ1v) is 6.96. The predicted molar refractivity (Wildman–Crippen MR) is 65.6 cm³/mol. The van der Waals surface area contributed by atoms with Crippen molar-refractivity contribution in [3.63, 3.8) is 0 Å². The van der Waals surface area contributed by atoms with Crippen LogP contribution in [0.5, 0.6) is 0 Å². The summed E-state index contributed by atoms with van der Waals surface area (Å²) in [6.07, 6.45) is 2.91. The first-order chi connectivity index (χ1) is 8.58. The highest BCUT2D eigenvalue weighted by molar-refractivity contribution is 4.70. The predicted octanol–water partition coefficient (Wildman–Crippen LogP) is 3.66. The van der Waals surface area contributed by atoms with Crippen molar-refractivity contribution >= 4 is 0 Å². The van der Waals surface area contributed by atoms with E-state index < -0.39 is 12.6 Å². The number of hydrogen-bond acceptors (Lipinski definition) is 2. The van der Waals surface area contributed by atoms with Crippen molar-refractivity contribution in [2.24, 2.45) is 0 Å². The summed E-state index contributed by atoms with van der Waals surface area (Å²) in [6.45, 7) is 1.46. The van der Waals surface area contributed by atoms with Crippen molar-refractivity contribution < 1.29 is 17.9 Å². The van der Waals surface area contributed by atoms with E-state index in [0.29, 0.717) is 12.6 Å². The van der Waals surface area contributed by atoms with Gasteiger partial charge in [0.15, 0.2) is 0 Å². The van der Waals surface area contributed by atoms with Gasteiger partial charge in [-0.25, -0.2) is 0 Å². The van der Waals surface area contributed by atoms with E-state index in [2.05, 4.69) is 5.32 Å². The van der Waals surface area contributed by atoms with Gasteiger partial charge in [-0.1, -0.05) is 25.7 Å². The Labute approximate surface area is 107 Å². The fraction of sp³-hybridized carbons (Fsp3) is 1.00. The summed E-state index contributed by atoms with van der Waals surface area (Å²) in [5.74, 6) is 0. The maximum atomic E-state index is 11.8. The van der Waals surface area contributed by atoms with E-state index in [1.54, 1.807) is 0 Å². The smallest absolute Gasteiger partial charge is 0.380 e. The Morgan fingerprint density at radius 3 is 2.28 bits per heavy atom. The lowest BCUT2D eigenvalue weighted by atomic mass is 10.1. The van der Waals surface area contributed by atoms with Gasteiger partial charge < -0.3 is 10.1 Å². The molecule has 5 heteroatoms. The molecule has 0 saturated heterocycles. The van der Waals surface area contributed by atoms with E-state index in [1.165, 1.54) is 38.5 Å². The molecule has 0 spiro atoms. The second kappa shape index (κ2) is 8.75. The Kier molecular flexibility index (Phi) is 7.66. The molecule has 0 amide bonds. The first-order valence-electron chi connectivity index (χ1n) is 6.96. The van der Waals surface area contributed by atoms with Crippen LogP contribution >= 0.6 is 0 Å². The highest BCUT2D eigenvalue weighted by atomic mass is 19.4. The number of rotatable bonds is 7. The van der Waals surface area contributed by atoms with Crippen molar-refractivity contribution in [3.8, 4) is 0 Å². The van der Waals surface area contributed by atoms with Crippen molar-refractivity contribution in [3.05, 3.63) is 0 Å². The zero-order valence-corrected chi connectivity index (χ0v) is 10.9. The van der Waals surface area contributed by atoms with Crippen molar-refractivity contribution in [2.75, 3.05) is 19.8 Å². The highest BCUT2D eigenvalue weighted by Gasteiger charge is 2.25. The molecule has 1 rings (SSSR count). The average molecular weight is 267 g/mol. The summed E-state index contributed by atoms with van der Waals surface area (Å²) in [7, 11) is 0. The molecule has 1 fully saturated rings. The average Bonchev–Trinajstić information content (AvgIpc) is 2.55. The van der Waals surface area contributed by atoms with Crippen LogP contribution in [0.1, 0.15) is 51.4 Å². The van der Waals surface area contributed by atoms with Crippen molar-refractivity contribution in [2.45, 2.75) is 63.6 Å². The summed E-state index contributed by atoms with van der Waals surface area (Å²) in [5, 5.41) is 3.42. The minimum Gasteiger partial charge on any atom is -0.380 e. The molecule has 0 radical (unpaired) electrons. The molecule has 2 nitrogen and oxygen atoms in total. The third-order valence-corrected chi connectivity index (χ3v) is 3.28. The van der Waals surface area contributed by atoms with E-state index in [4.69, 9.17) is 4.74 Å². The molecule has 0 unspecified atom stereocenters. The van der Waals surface area contributed by atoms with Gasteiger partial charge in [0.2, 0.25) is 0 Å². The lowest BCUT2D eigenvalue weighted by Crippen LogP contribution is -2.31. The van der Waals surface area contributed by atoms with Gasteiger partial charge in [-0.15, -0.1) is 0 Å². The minimum atomic E-state index is -4.05. The SMILES string of the molecule is FC(F)(F)CCCOCCNC1CCCCCC1. The summed E-state index contributed by atoms with van der Waals surface area (Å²) in [6, 6.07) is 0.575. The molecule has 0 aliphatic heterocycles. The molecule has 18 heavy (non-hydrogen) atoms. The van der Waals surface area contributed by atoms with Gasteiger partial charge >= 0.3 is 6.18 Å². The largest absolute Gasteiger partial charge is 0.389 e. The Morgan fingerprint density at radius 1 is 1.00 bits per heavy atom. The maximum absolute atomic E-state index is 11.8. The van der Waals surface area contributed by atoms with Gasteiger partial charge in [0.1, 0.15) is 0 Å². The number of hydrogen-bond donors (Lipinski definition) is 1. The van der Waals surface area contributed by atoms with E-state index >= 15 is 0 Å². The lowest BCUT2D eigenvalue weighted by Gasteiger charge is -2.16. The zero-order valence-electron chi connectivity index (χ0n) is 10.9. The van der Waals surface area contributed by atoms with E-state index in [1.807, 2.05) is 0 Å². The van der Waals surface area contributed by atoms with Crippen LogP contribution in [0, 0.1) is 0 Å². The normalized spacial score (nSPS) is 18.8. The zero-order chi connectivity index (χ0) is 13.3. The third-order valence-electron chi connectivity index (χ3n) is 3.28. The minimum absolute atomic E-state index is 0.0624. The molecule has 0 aromatic heterocycles. The van der Waals surface area contributed by atoms with Crippen LogP contribution in [0.25, 0.3) is 0 Å². The van der Waals surface area contributed by atoms with Crippen LogP contribution in [0.2, 0.25) is 0 Å². The van der Waals surface area contributed by atoms with Crippen LogP contribution in [0.4, 0.5) is 13.2 Å². The standard InChI is InChI=1S/C13H24F3NO/c14-13(15,16)8-5-10-18-11-9-17-12-6-3-1-2-4-7-12/h12,17H,1-11H2. The fourth-order valence-electron chi connectivity index (χ4n) is 2.30. The van der Waals surface area contributed by atoms with E-state index in [-0.39, 0.29) is 13.0 Å². The number of nitrogens with one attached hydrogen (secondary N) is 1. The fourth-order valence-corrected chi connectivity index (χ4v) is 2.30. The quantitative estimate of drug-likeness (QED) is 0.561. The Morgan fingerprint density at radius 2 is 1.67 bits per heavy atom. The molecule has 1 aliphatic carbocycles. The molecular formula is C13H24F3NO. The van der Waals surface area contributed by atoms with Gasteiger partial charge in [-0.2, -0.15) is 13.2 Å². The van der Waals surface area contributed by atoms with Gasteiger partial charge in [-0.05, 0) is 19.3 Å². The molecule has 0 bridgehead atoms. The topological polar surface area (TPSA) is 21.3 Å². The maximum Gasteiger partial charge on any atom is 0.389 e. The molecule has 108 valence electrons. The van der Waals surface area contributed by atoms with Crippen molar-refractivity contribution in [1.82, 2.24) is 5.32 Å². The first kappa shape index (κ1) is 15.8. The van der Waals surface area contributed by atoms with E-state index in [9.17, 15) is 13.2 Å². The number of halogens is 3. The number of ether oxygens (including phenoxy) is 1. The van der Waals surface area contributed by atoms with Crippen LogP contribution < -0.4 is 5.32 Å². The summed E-state index contributed by atoms with van der Waals surface area (Å²) >= 11 is 0. The van der Waals surface area contributed by atoms with Crippen molar-refractivity contribution in [1.29, 1.82) is 0 Å². The summed E-state index contributed by atoms with van der Waals surface area (Å²) in [4.78, 5) is 0. The Bertz CT molecular complexity index is 201. The lowest BCUT2D eigenvalue weighted by molar-refractivity contribution is -0.137. The Hall–Kier alpha value is -0.290. The van der Waals surface area contributed by atoms with Crippen LogP contribution in [0.3, 0.4) is 0 Å². The second-order valence-electron chi connectivity index (χ2n) is 4.97. The number of alkyl halides is 3. The molecule has 0 aromatic rings. The van der Waals surface area contributed by atoms with Gasteiger partial charge in [-0.3, -0.25) is 0 Å². The summed E-state index contributed by atoms with van der Waals surface area (Å²) < 4.78 is 40.7. The molecule has 0 atom stereocenters. The molecule has 1 saturated carbocycles. The highest BCUT2D eigenvalue weighted by Crippen LogP contribution is 2.21. The van der Waals surface area contributed by atoms with Gasteiger partial charge in [0.05, 0.1) is 6.61 Å². The molecule has 1 N–H and O–H groups in total. The van der Waals surface area contributed by atoms with Crippen LogP contribution in [-0.2, 0) is 4.74 Å². The summed E-state index contributed by atoms with van der Waals surface area (Å²) in [5.41, 5.74) is 0. The second-order valence-corrected chi connectivity index (χ2v) is 4.97. The Balaban J connectivity index is 1.89. The van der Waals surface area contributed by atoms with Gasteiger partial charge in [0, 0.05) is 25.6 Å². The van der Waals surface area contributed by atoms with E-state index in [0.717, 1.165) is 6.54 Å². The van der Waals surface area contributed by atoms with Gasteiger partial charge in [0.25, 0.3) is 0 Å². The van der Waals surface area contributed by atoms with Crippen LogP contribution in [0.15, 0.2) is 0 Å². The molecular weight excluding hydrogens is 243 g/mol. The monoisotopic (exact) mass is 267 g/mol. The van der Waals surface area contributed by atoms with Crippen LogP contribution in [-0.4, -0.2) is 32.0 Å². The molecule has 0 aromatic carbocycles.